The van der Waals surface area contributed by atoms with Crippen molar-refractivity contribution >= 4 is 46.0 Å². The normalized spacial score (nSPS) is 11.3. The summed E-state index contributed by atoms with van der Waals surface area (Å²) in [6.07, 6.45) is 0. The number of halogens is 1. The van der Waals surface area contributed by atoms with E-state index in [1.165, 1.54) is 14.0 Å². The van der Waals surface area contributed by atoms with Crippen LogP contribution in [0.25, 0.3) is 0 Å². The SMILES string of the molecule is C/C(=N/NC(=O)c1ccc(CSc2ccccc2)cc1)c1ccc(I)cc1. The lowest BCUT2D eigenvalue weighted by molar-refractivity contribution is 0.0955. The molecule has 0 bridgehead atoms. The minimum Gasteiger partial charge on any atom is -0.267 e. The molecule has 0 saturated carbocycles. The van der Waals surface area contributed by atoms with Gasteiger partial charge in [0.05, 0.1) is 5.71 Å². The lowest BCUT2D eigenvalue weighted by Gasteiger charge is -2.05. The molecule has 3 aromatic rings. The molecule has 0 heterocycles. The number of hydrogen-bond donors (Lipinski definition) is 1. The molecule has 0 aromatic heterocycles. The first kappa shape index (κ1) is 19.6. The van der Waals surface area contributed by atoms with Gasteiger partial charge >= 0.3 is 0 Å². The molecule has 1 amide bonds. The van der Waals surface area contributed by atoms with Crippen molar-refractivity contribution in [3.8, 4) is 0 Å². The first-order valence-electron chi connectivity index (χ1n) is 8.49. The number of carbonyl (C=O) groups is 1. The number of nitrogens with one attached hydrogen (secondary N) is 1. The highest BCUT2D eigenvalue weighted by atomic mass is 127. The summed E-state index contributed by atoms with van der Waals surface area (Å²) < 4.78 is 1.17. The minimum absolute atomic E-state index is 0.206. The van der Waals surface area contributed by atoms with Crippen molar-refractivity contribution in [3.63, 3.8) is 0 Å². The summed E-state index contributed by atoms with van der Waals surface area (Å²) in [5, 5.41) is 4.21. The summed E-state index contributed by atoms with van der Waals surface area (Å²) in [7, 11) is 0. The molecule has 0 unspecified atom stereocenters. The molecule has 3 nitrogen and oxygen atoms in total. The Hall–Kier alpha value is -2.12. The molecule has 0 fully saturated rings. The van der Waals surface area contributed by atoms with Gasteiger partial charge in [0.1, 0.15) is 0 Å². The van der Waals surface area contributed by atoms with E-state index in [9.17, 15) is 4.79 Å². The number of carbonyl (C=O) groups excluding carboxylic acids is 1. The van der Waals surface area contributed by atoms with Crippen LogP contribution in [0.2, 0.25) is 0 Å². The number of hydrogen-bond acceptors (Lipinski definition) is 3. The summed E-state index contributed by atoms with van der Waals surface area (Å²) in [6.45, 7) is 1.88. The Balaban J connectivity index is 1.57. The second-order valence-electron chi connectivity index (χ2n) is 5.94. The third-order valence-corrected chi connectivity index (χ3v) is 5.75. The zero-order valence-corrected chi connectivity index (χ0v) is 17.8. The molecule has 3 rings (SSSR count). The third-order valence-electron chi connectivity index (χ3n) is 3.95. The predicted octanol–water partition coefficient (Wildman–Crippen LogP) is 5.74. The molecule has 0 spiro atoms. The fourth-order valence-corrected chi connectivity index (χ4v) is 3.63. The van der Waals surface area contributed by atoms with Crippen molar-refractivity contribution in [2.75, 3.05) is 0 Å². The van der Waals surface area contributed by atoms with Gasteiger partial charge < -0.3 is 0 Å². The quantitative estimate of drug-likeness (QED) is 0.209. The number of thioether (sulfide) groups is 1. The number of nitrogens with zero attached hydrogens (tertiary/aromatic N) is 1. The molecule has 0 aliphatic rings. The van der Waals surface area contributed by atoms with Gasteiger partial charge in [-0.25, -0.2) is 5.43 Å². The van der Waals surface area contributed by atoms with Crippen LogP contribution in [0.1, 0.15) is 28.4 Å². The van der Waals surface area contributed by atoms with E-state index in [-0.39, 0.29) is 5.91 Å². The summed E-state index contributed by atoms with van der Waals surface area (Å²) >= 11 is 4.04. The monoisotopic (exact) mass is 486 g/mol. The maximum atomic E-state index is 12.3. The van der Waals surface area contributed by atoms with Crippen LogP contribution in [-0.4, -0.2) is 11.6 Å². The Labute approximate surface area is 177 Å². The van der Waals surface area contributed by atoms with Gasteiger partial charge in [-0.2, -0.15) is 5.10 Å². The van der Waals surface area contributed by atoms with Gasteiger partial charge in [-0.3, -0.25) is 4.79 Å². The minimum atomic E-state index is -0.206. The van der Waals surface area contributed by atoms with Crippen LogP contribution in [0.3, 0.4) is 0 Å². The number of rotatable bonds is 6. The van der Waals surface area contributed by atoms with Gasteiger partial charge in [0, 0.05) is 19.8 Å². The van der Waals surface area contributed by atoms with E-state index in [0.717, 1.165) is 17.0 Å². The number of amides is 1. The Morgan fingerprint density at radius 3 is 2.22 bits per heavy atom. The molecular weight excluding hydrogens is 467 g/mol. The molecule has 3 aromatic carbocycles. The van der Waals surface area contributed by atoms with Gasteiger partial charge in [-0.05, 0) is 77.0 Å². The molecule has 0 radical (unpaired) electrons. The summed E-state index contributed by atoms with van der Waals surface area (Å²) in [4.78, 5) is 13.5. The molecule has 0 atom stereocenters. The highest BCUT2D eigenvalue weighted by molar-refractivity contribution is 14.1. The van der Waals surface area contributed by atoms with Crippen molar-refractivity contribution in [1.82, 2.24) is 5.43 Å². The fourth-order valence-electron chi connectivity index (χ4n) is 2.39. The molecule has 0 aliphatic heterocycles. The predicted molar refractivity (Wildman–Crippen MR) is 121 cm³/mol. The second-order valence-corrected chi connectivity index (χ2v) is 8.24. The van der Waals surface area contributed by atoms with Crippen molar-refractivity contribution < 1.29 is 4.79 Å². The van der Waals surface area contributed by atoms with E-state index in [4.69, 9.17) is 0 Å². The Kier molecular flexibility index (Phi) is 7.06. The summed E-state index contributed by atoms with van der Waals surface area (Å²) in [5.74, 6) is 0.665. The topological polar surface area (TPSA) is 41.5 Å². The highest BCUT2D eigenvalue weighted by Crippen LogP contribution is 2.22. The van der Waals surface area contributed by atoms with Gasteiger partial charge in [-0.15, -0.1) is 11.8 Å². The lowest BCUT2D eigenvalue weighted by atomic mass is 10.1. The Bertz CT molecular complexity index is 923. The van der Waals surface area contributed by atoms with Gasteiger partial charge in [0.2, 0.25) is 0 Å². The van der Waals surface area contributed by atoms with E-state index in [1.54, 1.807) is 11.8 Å². The molecule has 0 saturated heterocycles. The zero-order chi connectivity index (χ0) is 19.1. The van der Waals surface area contributed by atoms with Gasteiger partial charge in [0.25, 0.3) is 5.91 Å². The van der Waals surface area contributed by atoms with E-state index >= 15 is 0 Å². The fraction of sp³-hybridized carbons (Fsp3) is 0.0909. The zero-order valence-electron chi connectivity index (χ0n) is 14.9. The molecule has 0 aliphatic carbocycles. The average Bonchev–Trinajstić information content (AvgIpc) is 2.72. The average molecular weight is 486 g/mol. The van der Waals surface area contributed by atoms with Crippen LogP contribution in [0.4, 0.5) is 0 Å². The summed E-state index contributed by atoms with van der Waals surface area (Å²) in [6, 6.07) is 26.0. The third kappa shape index (κ3) is 5.94. The van der Waals surface area contributed by atoms with Crippen LogP contribution in [-0.2, 0) is 5.75 Å². The molecule has 5 heteroatoms. The molecule has 136 valence electrons. The van der Waals surface area contributed by atoms with E-state index in [2.05, 4.69) is 45.3 Å². The van der Waals surface area contributed by atoms with Crippen molar-refractivity contribution in [2.24, 2.45) is 5.10 Å². The number of hydrazone groups is 1. The van der Waals surface area contributed by atoms with Crippen molar-refractivity contribution in [2.45, 2.75) is 17.6 Å². The maximum Gasteiger partial charge on any atom is 0.271 e. The van der Waals surface area contributed by atoms with Gasteiger partial charge in [-0.1, -0.05) is 42.5 Å². The second kappa shape index (κ2) is 9.71. The Morgan fingerprint density at radius 2 is 1.56 bits per heavy atom. The molecule has 1 N–H and O–H groups in total. The lowest BCUT2D eigenvalue weighted by Crippen LogP contribution is -2.19. The maximum absolute atomic E-state index is 12.3. The van der Waals surface area contributed by atoms with Crippen LogP contribution >= 0.6 is 34.4 Å². The van der Waals surface area contributed by atoms with Crippen molar-refractivity contribution in [3.05, 3.63) is 99.1 Å². The first-order valence-corrected chi connectivity index (χ1v) is 10.6. The largest absolute Gasteiger partial charge is 0.271 e. The standard InChI is InChI=1S/C22H19IN2OS/c1-16(18-11-13-20(23)14-12-18)24-25-22(26)19-9-7-17(8-10-19)15-27-21-5-3-2-4-6-21/h2-14H,15H2,1H3,(H,25,26)/b24-16-. The first-order chi connectivity index (χ1) is 13.1. The molecular formula is C22H19IN2OS. The highest BCUT2D eigenvalue weighted by Gasteiger charge is 2.05. The number of benzene rings is 3. The van der Waals surface area contributed by atoms with Crippen LogP contribution in [0, 0.1) is 3.57 Å². The van der Waals surface area contributed by atoms with E-state index < -0.39 is 0 Å². The van der Waals surface area contributed by atoms with Crippen LogP contribution in [0.5, 0.6) is 0 Å². The molecule has 27 heavy (non-hydrogen) atoms. The Morgan fingerprint density at radius 1 is 0.926 bits per heavy atom. The van der Waals surface area contributed by atoms with Crippen LogP contribution in [0.15, 0.2) is 88.9 Å². The van der Waals surface area contributed by atoms with Crippen LogP contribution < -0.4 is 5.43 Å². The van der Waals surface area contributed by atoms with E-state index in [1.807, 2.05) is 73.7 Å². The van der Waals surface area contributed by atoms with E-state index in [0.29, 0.717) is 5.56 Å². The van der Waals surface area contributed by atoms with Crippen molar-refractivity contribution in [1.29, 1.82) is 0 Å². The van der Waals surface area contributed by atoms with Gasteiger partial charge in [0.15, 0.2) is 0 Å². The smallest absolute Gasteiger partial charge is 0.267 e. The summed E-state index contributed by atoms with van der Waals surface area (Å²) in [5.41, 5.74) is 6.17.